The van der Waals surface area contributed by atoms with Gasteiger partial charge in [-0.2, -0.15) is 0 Å². The van der Waals surface area contributed by atoms with Gasteiger partial charge in [-0.1, -0.05) is 0 Å². The molecular formula is C12H12BrN3S. The average Bonchev–Trinajstić information content (AvgIpc) is 2.86. The van der Waals surface area contributed by atoms with Crippen LogP contribution in [0.5, 0.6) is 0 Å². The van der Waals surface area contributed by atoms with Crippen LogP contribution >= 0.6 is 27.3 Å². The quantitative estimate of drug-likeness (QED) is 0.883. The van der Waals surface area contributed by atoms with Crippen LogP contribution in [-0.4, -0.2) is 9.97 Å². The Labute approximate surface area is 112 Å². The largest absolute Gasteiger partial charge is 0.365 e. The van der Waals surface area contributed by atoms with Crippen LogP contribution in [0.3, 0.4) is 0 Å². The highest BCUT2D eigenvalue weighted by Gasteiger charge is 2.14. The second kappa shape index (κ2) is 4.74. The molecule has 0 atom stereocenters. The molecule has 2 aromatic heterocycles. The molecule has 5 heteroatoms. The number of aromatic nitrogens is 2. The number of aryl methyl sites for hydroxylation is 2. The van der Waals surface area contributed by atoms with Crippen LogP contribution in [0.15, 0.2) is 23.1 Å². The van der Waals surface area contributed by atoms with Crippen molar-refractivity contribution in [3.8, 4) is 0 Å². The lowest BCUT2D eigenvalue weighted by molar-refractivity contribution is 0.913. The molecule has 3 rings (SSSR count). The van der Waals surface area contributed by atoms with E-state index in [1.165, 1.54) is 24.1 Å². The van der Waals surface area contributed by atoms with Crippen molar-refractivity contribution >= 4 is 33.1 Å². The van der Waals surface area contributed by atoms with Gasteiger partial charge in [-0.3, -0.25) is 0 Å². The van der Waals surface area contributed by atoms with Crippen LogP contribution < -0.4 is 5.32 Å². The molecule has 0 spiro atoms. The minimum absolute atomic E-state index is 0.809. The zero-order valence-electron chi connectivity index (χ0n) is 9.24. The molecule has 0 aromatic carbocycles. The van der Waals surface area contributed by atoms with Crippen molar-refractivity contribution in [2.75, 3.05) is 5.32 Å². The molecule has 17 heavy (non-hydrogen) atoms. The normalized spacial score (nSPS) is 13.7. The van der Waals surface area contributed by atoms with Gasteiger partial charge in [-0.25, -0.2) is 9.97 Å². The number of hydrogen-bond acceptors (Lipinski definition) is 4. The first kappa shape index (κ1) is 11.2. The Bertz CT molecular complexity index is 517. The summed E-state index contributed by atoms with van der Waals surface area (Å²) in [5.41, 5.74) is 1.55. The predicted molar refractivity (Wildman–Crippen MR) is 73.4 cm³/mol. The maximum absolute atomic E-state index is 4.17. The predicted octanol–water partition coefficient (Wildman–Crippen LogP) is 3.40. The van der Waals surface area contributed by atoms with Gasteiger partial charge in [-0.05, 0) is 46.8 Å². The van der Waals surface area contributed by atoms with Crippen LogP contribution in [0.2, 0.25) is 0 Å². The van der Waals surface area contributed by atoms with Crippen molar-refractivity contribution in [1.29, 1.82) is 0 Å². The van der Waals surface area contributed by atoms with Crippen molar-refractivity contribution in [2.24, 2.45) is 0 Å². The summed E-state index contributed by atoms with van der Waals surface area (Å²) in [5.74, 6) is 0.862. The van der Waals surface area contributed by atoms with E-state index in [9.17, 15) is 0 Å². The number of fused-ring (bicyclic) bond motifs is 1. The highest BCUT2D eigenvalue weighted by Crippen LogP contribution is 2.30. The molecule has 88 valence electrons. The lowest BCUT2D eigenvalue weighted by atomic mass is 10.2. The van der Waals surface area contributed by atoms with Gasteiger partial charge in [0.2, 0.25) is 0 Å². The first-order valence-corrected chi connectivity index (χ1v) is 7.24. The molecule has 1 aliphatic rings. The van der Waals surface area contributed by atoms with Gasteiger partial charge >= 0.3 is 0 Å². The van der Waals surface area contributed by atoms with Crippen LogP contribution in [0, 0.1) is 0 Å². The second-order valence-electron chi connectivity index (χ2n) is 4.09. The van der Waals surface area contributed by atoms with Crippen LogP contribution in [0.4, 0.5) is 5.82 Å². The minimum Gasteiger partial charge on any atom is -0.365 e. The zero-order chi connectivity index (χ0) is 11.7. The molecule has 0 amide bonds. The molecule has 0 unspecified atom stereocenters. The average molecular weight is 310 g/mol. The van der Waals surface area contributed by atoms with Crippen LogP contribution in [-0.2, 0) is 19.4 Å². The molecule has 0 aliphatic heterocycles. The third kappa shape index (κ3) is 2.50. The van der Waals surface area contributed by atoms with Gasteiger partial charge in [0.05, 0.1) is 6.54 Å². The molecule has 1 N–H and O–H groups in total. The van der Waals surface area contributed by atoms with Crippen LogP contribution in [0.1, 0.15) is 21.7 Å². The molecule has 0 saturated carbocycles. The summed E-state index contributed by atoms with van der Waals surface area (Å²) in [6, 6.07) is 4.22. The third-order valence-electron chi connectivity index (χ3n) is 2.88. The lowest BCUT2D eigenvalue weighted by Gasteiger charge is -2.03. The maximum atomic E-state index is 4.17. The Morgan fingerprint density at radius 1 is 1.29 bits per heavy atom. The first-order valence-electron chi connectivity index (χ1n) is 5.63. The Hall–Kier alpha value is -0.940. The van der Waals surface area contributed by atoms with Gasteiger partial charge in [0.1, 0.15) is 16.7 Å². The molecule has 1 aliphatic carbocycles. The molecule has 0 radical (unpaired) electrons. The van der Waals surface area contributed by atoms with Gasteiger partial charge < -0.3 is 5.32 Å². The highest BCUT2D eigenvalue weighted by atomic mass is 79.9. The minimum atomic E-state index is 0.809. The van der Waals surface area contributed by atoms with Crippen molar-refractivity contribution in [2.45, 2.75) is 25.8 Å². The molecule has 3 nitrogen and oxygen atoms in total. The number of thiophene rings is 1. The fourth-order valence-electron chi connectivity index (χ4n) is 2.09. The van der Waals surface area contributed by atoms with Crippen molar-refractivity contribution in [3.63, 3.8) is 0 Å². The van der Waals surface area contributed by atoms with E-state index in [0.29, 0.717) is 0 Å². The SMILES string of the molecule is Brc1cc(NCc2cc3c(s2)CCC3)ncn1. The topological polar surface area (TPSA) is 37.8 Å². The number of nitrogens with one attached hydrogen (secondary N) is 1. The zero-order valence-corrected chi connectivity index (χ0v) is 11.6. The van der Waals surface area contributed by atoms with E-state index in [4.69, 9.17) is 0 Å². The second-order valence-corrected chi connectivity index (χ2v) is 6.13. The number of nitrogens with zero attached hydrogens (tertiary/aromatic N) is 2. The number of anilines is 1. The summed E-state index contributed by atoms with van der Waals surface area (Å²) in [6.45, 7) is 0.848. The highest BCUT2D eigenvalue weighted by molar-refractivity contribution is 9.10. The standard InChI is InChI=1S/C12H12BrN3S/c13-11-5-12(16-7-15-11)14-6-9-4-8-2-1-3-10(8)17-9/h4-5,7H,1-3,6H2,(H,14,15,16). The summed E-state index contributed by atoms with van der Waals surface area (Å²) in [7, 11) is 0. The van der Waals surface area contributed by atoms with E-state index in [-0.39, 0.29) is 0 Å². The first-order chi connectivity index (χ1) is 8.31. The van der Waals surface area contributed by atoms with E-state index in [0.717, 1.165) is 17.0 Å². The molecule has 0 fully saturated rings. The Balaban J connectivity index is 1.67. The summed E-state index contributed by atoms with van der Waals surface area (Å²) in [6.07, 6.45) is 5.40. The van der Waals surface area contributed by atoms with Crippen molar-refractivity contribution in [3.05, 3.63) is 38.4 Å². The summed E-state index contributed by atoms with van der Waals surface area (Å²) in [5, 5.41) is 3.32. The summed E-state index contributed by atoms with van der Waals surface area (Å²) < 4.78 is 0.809. The van der Waals surface area contributed by atoms with Gasteiger partial charge in [0.15, 0.2) is 0 Å². The van der Waals surface area contributed by atoms with E-state index in [1.54, 1.807) is 16.8 Å². The molecule has 2 heterocycles. The fourth-order valence-corrected chi connectivity index (χ4v) is 3.59. The Morgan fingerprint density at radius 2 is 2.24 bits per heavy atom. The Kier molecular flexibility index (Phi) is 3.11. The molecule has 0 bridgehead atoms. The van der Waals surface area contributed by atoms with Crippen molar-refractivity contribution < 1.29 is 0 Å². The summed E-state index contributed by atoms with van der Waals surface area (Å²) >= 11 is 5.26. The summed E-state index contributed by atoms with van der Waals surface area (Å²) in [4.78, 5) is 11.1. The maximum Gasteiger partial charge on any atom is 0.130 e. The van der Waals surface area contributed by atoms with Gasteiger partial charge in [0.25, 0.3) is 0 Å². The van der Waals surface area contributed by atoms with Crippen molar-refractivity contribution in [1.82, 2.24) is 9.97 Å². The smallest absolute Gasteiger partial charge is 0.130 e. The van der Waals surface area contributed by atoms with E-state index >= 15 is 0 Å². The lowest BCUT2D eigenvalue weighted by Crippen LogP contribution is -2.00. The molecule has 0 saturated heterocycles. The molecular weight excluding hydrogens is 298 g/mol. The molecule has 2 aromatic rings. The number of hydrogen-bond donors (Lipinski definition) is 1. The van der Waals surface area contributed by atoms with E-state index < -0.39 is 0 Å². The van der Waals surface area contributed by atoms with Gasteiger partial charge in [-0.15, -0.1) is 11.3 Å². The van der Waals surface area contributed by atoms with Crippen LogP contribution in [0.25, 0.3) is 0 Å². The Morgan fingerprint density at radius 3 is 3.06 bits per heavy atom. The van der Waals surface area contributed by atoms with E-state index in [2.05, 4.69) is 37.3 Å². The number of rotatable bonds is 3. The third-order valence-corrected chi connectivity index (χ3v) is 4.55. The van der Waals surface area contributed by atoms with E-state index in [1.807, 2.05) is 17.4 Å². The number of halogens is 1. The fraction of sp³-hybridized carbons (Fsp3) is 0.333. The van der Waals surface area contributed by atoms with Gasteiger partial charge in [0, 0.05) is 15.8 Å². The monoisotopic (exact) mass is 309 g/mol.